The first-order valence-corrected chi connectivity index (χ1v) is 7.23. The number of amides is 1. The molecule has 0 aromatic carbocycles. The summed E-state index contributed by atoms with van der Waals surface area (Å²) in [7, 11) is 0. The number of aromatic nitrogens is 1. The van der Waals surface area contributed by atoms with E-state index in [9.17, 15) is 4.79 Å². The Morgan fingerprint density at radius 2 is 2.29 bits per heavy atom. The molecule has 1 aromatic heterocycles. The first-order valence-electron chi connectivity index (χ1n) is 7.23. The zero-order valence-electron chi connectivity index (χ0n) is 11.7. The maximum atomic E-state index is 12.3. The number of nitrogens with zero attached hydrogens (tertiary/aromatic N) is 3. The van der Waals surface area contributed by atoms with Gasteiger partial charge in [0.05, 0.1) is 13.1 Å². The summed E-state index contributed by atoms with van der Waals surface area (Å²) >= 11 is 0. The average Bonchev–Trinajstić information content (AvgIpc) is 2.51. The molecule has 108 valence electrons. The van der Waals surface area contributed by atoms with Crippen LogP contribution >= 0.6 is 0 Å². The first kappa shape index (κ1) is 13.6. The molecule has 0 saturated carbocycles. The number of hydrogen-bond acceptors (Lipinski definition) is 4. The van der Waals surface area contributed by atoms with E-state index in [0.717, 1.165) is 19.3 Å². The number of hydrogen-bond donors (Lipinski definition) is 0. The number of likely N-dealkylation sites (tertiary alicyclic amines) is 1. The second-order valence-corrected chi connectivity index (χ2v) is 5.43. The van der Waals surface area contributed by atoms with Gasteiger partial charge in [-0.1, -0.05) is 12.2 Å². The number of allylic oxidation sites excluding steroid dienone is 2. The van der Waals surface area contributed by atoms with Crippen LogP contribution in [0.4, 0.5) is 0 Å². The lowest BCUT2D eigenvalue weighted by atomic mass is 9.92. The fourth-order valence-electron chi connectivity index (χ4n) is 2.70. The van der Waals surface area contributed by atoms with Crippen LogP contribution in [0, 0.1) is 17.2 Å². The highest BCUT2D eigenvalue weighted by atomic mass is 16.5. The van der Waals surface area contributed by atoms with Crippen molar-refractivity contribution in [2.24, 2.45) is 5.92 Å². The normalized spacial score (nSPS) is 21.5. The van der Waals surface area contributed by atoms with Gasteiger partial charge in [-0.25, -0.2) is 4.98 Å². The molecule has 2 aliphatic rings. The van der Waals surface area contributed by atoms with E-state index < -0.39 is 0 Å². The molecule has 1 fully saturated rings. The van der Waals surface area contributed by atoms with E-state index in [2.05, 4.69) is 23.2 Å². The highest BCUT2D eigenvalue weighted by molar-refractivity contribution is 5.80. The van der Waals surface area contributed by atoms with Crippen molar-refractivity contribution in [3.8, 4) is 11.9 Å². The minimum Gasteiger partial charge on any atom is -0.470 e. The van der Waals surface area contributed by atoms with Crippen LogP contribution in [0.3, 0.4) is 0 Å². The third-order valence-electron chi connectivity index (χ3n) is 3.95. The van der Waals surface area contributed by atoms with Crippen molar-refractivity contribution in [3.05, 3.63) is 36.0 Å². The fourth-order valence-corrected chi connectivity index (χ4v) is 2.70. The number of nitriles is 1. The molecule has 0 bridgehead atoms. The van der Waals surface area contributed by atoms with Gasteiger partial charge in [-0.3, -0.25) is 4.79 Å². The van der Waals surface area contributed by atoms with Crippen molar-refractivity contribution < 1.29 is 9.53 Å². The Balaban J connectivity index is 1.53. The molecule has 5 nitrogen and oxygen atoms in total. The number of ether oxygens (including phenoxy) is 1. The van der Waals surface area contributed by atoms with Gasteiger partial charge in [-0.05, 0) is 31.4 Å². The van der Waals surface area contributed by atoms with Crippen molar-refractivity contribution >= 4 is 5.91 Å². The number of carbonyl (C=O) groups excluding carboxylic acids is 1. The average molecular weight is 283 g/mol. The summed E-state index contributed by atoms with van der Waals surface area (Å²) in [6.07, 6.45) is 8.55. The molecule has 0 spiro atoms. The zero-order chi connectivity index (χ0) is 14.7. The van der Waals surface area contributed by atoms with Gasteiger partial charge in [0, 0.05) is 12.1 Å². The van der Waals surface area contributed by atoms with Gasteiger partial charge in [0.25, 0.3) is 0 Å². The molecular weight excluding hydrogens is 266 g/mol. The number of rotatable bonds is 3. The van der Waals surface area contributed by atoms with Gasteiger partial charge in [0.1, 0.15) is 17.7 Å². The zero-order valence-corrected chi connectivity index (χ0v) is 11.7. The Morgan fingerprint density at radius 3 is 3.00 bits per heavy atom. The summed E-state index contributed by atoms with van der Waals surface area (Å²) in [4.78, 5) is 18.2. The van der Waals surface area contributed by atoms with Crippen LogP contribution in [0.1, 0.15) is 24.8 Å². The molecule has 0 radical (unpaired) electrons. The third-order valence-corrected chi connectivity index (χ3v) is 3.95. The molecule has 1 aromatic rings. The Kier molecular flexibility index (Phi) is 3.87. The van der Waals surface area contributed by atoms with Gasteiger partial charge < -0.3 is 9.64 Å². The van der Waals surface area contributed by atoms with Crippen LogP contribution in [0.25, 0.3) is 0 Å². The highest BCUT2D eigenvalue weighted by Crippen LogP contribution is 2.25. The van der Waals surface area contributed by atoms with E-state index >= 15 is 0 Å². The predicted octanol–water partition coefficient (Wildman–Crippen LogP) is 1.90. The third kappa shape index (κ3) is 2.89. The van der Waals surface area contributed by atoms with E-state index in [0.29, 0.717) is 24.5 Å². The topological polar surface area (TPSA) is 66.2 Å². The lowest BCUT2D eigenvalue weighted by Gasteiger charge is -2.40. The maximum Gasteiger partial charge on any atom is 0.232 e. The Morgan fingerprint density at radius 1 is 1.43 bits per heavy atom. The molecule has 1 unspecified atom stereocenters. The van der Waals surface area contributed by atoms with Crippen LogP contribution < -0.4 is 4.74 Å². The van der Waals surface area contributed by atoms with E-state index in [-0.39, 0.29) is 17.9 Å². The Labute approximate surface area is 123 Å². The van der Waals surface area contributed by atoms with Crippen molar-refractivity contribution in [3.63, 3.8) is 0 Å². The lowest BCUT2D eigenvalue weighted by molar-refractivity contribution is -0.144. The van der Waals surface area contributed by atoms with Crippen molar-refractivity contribution in [2.75, 3.05) is 13.1 Å². The first-order chi connectivity index (χ1) is 10.3. The minimum atomic E-state index is -0.0601. The van der Waals surface area contributed by atoms with Crippen LogP contribution in [0.15, 0.2) is 30.5 Å². The van der Waals surface area contributed by atoms with Gasteiger partial charge in [0.15, 0.2) is 0 Å². The largest absolute Gasteiger partial charge is 0.470 e. The summed E-state index contributed by atoms with van der Waals surface area (Å²) in [6, 6.07) is 5.44. The monoisotopic (exact) mass is 283 g/mol. The van der Waals surface area contributed by atoms with E-state index in [4.69, 9.17) is 10.00 Å². The van der Waals surface area contributed by atoms with Crippen molar-refractivity contribution in [1.82, 2.24) is 9.88 Å². The fraction of sp³-hybridized carbons (Fsp3) is 0.438. The highest BCUT2D eigenvalue weighted by Gasteiger charge is 2.36. The van der Waals surface area contributed by atoms with E-state index in [1.54, 1.807) is 18.3 Å². The molecule has 1 atom stereocenters. The maximum absolute atomic E-state index is 12.3. The summed E-state index contributed by atoms with van der Waals surface area (Å²) < 4.78 is 5.70. The molecular formula is C16H17N3O2. The molecule has 5 heteroatoms. The number of carbonyl (C=O) groups is 1. The van der Waals surface area contributed by atoms with Crippen LogP contribution in [-0.2, 0) is 4.79 Å². The second kappa shape index (κ2) is 5.96. The van der Waals surface area contributed by atoms with Gasteiger partial charge in [0.2, 0.25) is 11.8 Å². The van der Waals surface area contributed by atoms with Crippen molar-refractivity contribution in [2.45, 2.75) is 25.4 Å². The van der Waals surface area contributed by atoms with Crippen LogP contribution in [0.5, 0.6) is 5.88 Å². The standard InChI is InChI=1S/C16H17N3O2/c17-9-13-7-4-8-18-15(13)21-14-10-19(11-14)16(20)12-5-2-1-3-6-12/h1-2,4,7-8,12,14H,3,5-6,10-11H2. The minimum absolute atomic E-state index is 0.0601. The smallest absolute Gasteiger partial charge is 0.232 e. The summed E-state index contributed by atoms with van der Waals surface area (Å²) in [5, 5.41) is 8.99. The molecule has 1 saturated heterocycles. The predicted molar refractivity (Wildman–Crippen MR) is 76.4 cm³/mol. The van der Waals surface area contributed by atoms with Gasteiger partial charge in [-0.15, -0.1) is 0 Å². The molecule has 3 rings (SSSR count). The molecule has 2 heterocycles. The molecule has 21 heavy (non-hydrogen) atoms. The Bertz CT molecular complexity index is 600. The molecule has 0 N–H and O–H groups in total. The molecule has 1 aliphatic carbocycles. The lowest BCUT2D eigenvalue weighted by Crippen LogP contribution is -2.57. The van der Waals surface area contributed by atoms with Crippen LogP contribution in [-0.4, -0.2) is 35.0 Å². The summed E-state index contributed by atoms with van der Waals surface area (Å²) in [5.74, 6) is 0.707. The molecule has 1 amide bonds. The van der Waals surface area contributed by atoms with Crippen molar-refractivity contribution in [1.29, 1.82) is 5.26 Å². The summed E-state index contributed by atoms with van der Waals surface area (Å²) in [6.45, 7) is 1.17. The Hall–Kier alpha value is -2.35. The van der Waals surface area contributed by atoms with E-state index in [1.165, 1.54) is 0 Å². The van der Waals surface area contributed by atoms with Crippen LogP contribution in [0.2, 0.25) is 0 Å². The quantitative estimate of drug-likeness (QED) is 0.795. The summed E-state index contributed by atoms with van der Waals surface area (Å²) in [5.41, 5.74) is 0.430. The SMILES string of the molecule is N#Cc1cccnc1OC1CN(C(=O)C2CC=CCC2)C1. The second-order valence-electron chi connectivity index (χ2n) is 5.43. The molecule has 1 aliphatic heterocycles. The number of pyridine rings is 1. The van der Waals surface area contributed by atoms with E-state index in [1.807, 2.05) is 4.90 Å². The van der Waals surface area contributed by atoms with Gasteiger partial charge in [-0.2, -0.15) is 5.26 Å². The van der Waals surface area contributed by atoms with Gasteiger partial charge >= 0.3 is 0 Å².